The van der Waals surface area contributed by atoms with E-state index >= 15 is 0 Å². The van der Waals surface area contributed by atoms with Gasteiger partial charge in [0.1, 0.15) is 21.3 Å². The van der Waals surface area contributed by atoms with E-state index in [0.717, 1.165) is 24.3 Å². The maximum atomic E-state index is 12.6. The van der Waals surface area contributed by atoms with Crippen LogP contribution in [0.3, 0.4) is 0 Å². The van der Waals surface area contributed by atoms with Crippen molar-refractivity contribution in [3.63, 3.8) is 0 Å². The van der Waals surface area contributed by atoms with E-state index in [0.29, 0.717) is 43.1 Å². The summed E-state index contributed by atoms with van der Waals surface area (Å²) in [6.45, 7) is 2.44. The second-order valence-electron chi connectivity index (χ2n) is 9.54. The normalized spacial score (nSPS) is 20.7. The van der Waals surface area contributed by atoms with Crippen molar-refractivity contribution in [2.75, 3.05) is 64.0 Å². The number of hydrogen-bond donors (Lipinski definition) is 1. The largest absolute Gasteiger partial charge is 0.497 e. The Bertz CT molecular complexity index is 1170. The zero-order valence-corrected chi connectivity index (χ0v) is 22.5. The van der Waals surface area contributed by atoms with Crippen LogP contribution in [0.25, 0.3) is 0 Å². The van der Waals surface area contributed by atoms with Gasteiger partial charge in [0.2, 0.25) is 0 Å². The van der Waals surface area contributed by atoms with Gasteiger partial charge in [-0.1, -0.05) is 18.2 Å². The monoisotopic (exact) mass is 532 g/mol. The van der Waals surface area contributed by atoms with Crippen LogP contribution in [-0.4, -0.2) is 79.5 Å². The topological polar surface area (TPSA) is 103 Å². The molecule has 2 aliphatic heterocycles. The lowest BCUT2D eigenvalue weighted by Crippen LogP contribution is -2.42. The molecule has 1 N–H and O–H groups in total. The smallest absolute Gasteiger partial charge is 0.265 e. The summed E-state index contributed by atoms with van der Waals surface area (Å²) in [5.74, 6) is 1.16. The number of fused-ring (bicyclic) bond motifs is 1. The molecule has 0 aliphatic carbocycles. The lowest BCUT2D eigenvalue weighted by Gasteiger charge is -2.36. The molecule has 2 aromatic carbocycles. The predicted octanol–water partition coefficient (Wildman–Crippen LogP) is 2.71. The molecule has 10 heteroatoms. The predicted molar refractivity (Wildman–Crippen MR) is 141 cm³/mol. The van der Waals surface area contributed by atoms with Gasteiger partial charge in [0.25, 0.3) is 5.91 Å². The van der Waals surface area contributed by atoms with Gasteiger partial charge in [0, 0.05) is 39.0 Å². The number of carbonyl (C=O) groups is 1. The Balaban J connectivity index is 1.63. The Morgan fingerprint density at radius 3 is 2.65 bits per heavy atom. The van der Waals surface area contributed by atoms with E-state index in [-0.39, 0.29) is 30.3 Å². The van der Waals surface area contributed by atoms with Gasteiger partial charge in [-0.15, -0.1) is 0 Å². The van der Waals surface area contributed by atoms with Crippen LogP contribution < -0.4 is 19.7 Å². The molecule has 1 fully saturated rings. The maximum absolute atomic E-state index is 12.6. The summed E-state index contributed by atoms with van der Waals surface area (Å²) in [6, 6.07) is 13.4. The van der Waals surface area contributed by atoms with E-state index in [4.69, 9.17) is 18.9 Å². The molecule has 37 heavy (non-hydrogen) atoms. The van der Waals surface area contributed by atoms with Gasteiger partial charge in [-0.25, -0.2) is 8.42 Å². The van der Waals surface area contributed by atoms with Crippen molar-refractivity contribution in [3.05, 3.63) is 53.6 Å². The van der Waals surface area contributed by atoms with Gasteiger partial charge in [-0.3, -0.25) is 4.79 Å². The summed E-state index contributed by atoms with van der Waals surface area (Å²) < 4.78 is 47.6. The van der Waals surface area contributed by atoms with Gasteiger partial charge in [-0.05, 0) is 54.8 Å². The van der Waals surface area contributed by atoms with E-state index in [1.165, 1.54) is 6.26 Å². The van der Waals surface area contributed by atoms with Crippen LogP contribution in [0.1, 0.15) is 36.0 Å². The number of hydrogen-bond acceptors (Lipinski definition) is 8. The van der Waals surface area contributed by atoms with Gasteiger partial charge in [0.15, 0.2) is 6.61 Å². The number of nitrogens with zero attached hydrogens (tertiary/aromatic N) is 1. The van der Waals surface area contributed by atoms with E-state index in [2.05, 4.69) is 5.32 Å². The number of nitrogens with one attached hydrogen (secondary N) is 1. The Hall–Kier alpha value is -2.66. The molecule has 202 valence electrons. The number of piperidine rings is 1. The molecule has 0 spiro atoms. The molecule has 0 aromatic heterocycles. The highest BCUT2D eigenvalue weighted by atomic mass is 32.2. The van der Waals surface area contributed by atoms with Crippen molar-refractivity contribution in [1.82, 2.24) is 5.32 Å². The molecule has 1 amide bonds. The minimum atomic E-state index is -3.37. The summed E-state index contributed by atoms with van der Waals surface area (Å²) >= 11 is 0. The zero-order chi connectivity index (χ0) is 26.4. The van der Waals surface area contributed by atoms with Gasteiger partial charge >= 0.3 is 0 Å². The lowest BCUT2D eigenvalue weighted by atomic mass is 9.87. The average Bonchev–Trinajstić information content (AvgIpc) is 2.89. The number of amides is 1. The van der Waals surface area contributed by atoms with Gasteiger partial charge in [0.05, 0.1) is 30.8 Å². The van der Waals surface area contributed by atoms with E-state index in [1.807, 2.05) is 36.4 Å². The maximum Gasteiger partial charge on any atom is 0.265 e. The molecule has 3 atom stereocenters. The molecule has 2 aliphatic rings. The molecule has 0 saturated carbocycles. The minimum absolute atomic E-state index is 0.0279. The highest BCUT2D eigenvalue weighted by molar-refractivity contribution is 7.90. The zero-order valence-electron chi connectivity index (χ0n) is 21.6. The van der Waals surface area contributed by atoms with E-state index in [9.17, 15) is 13.2 Å². The molecule has 2 aromatic rings. The van der Waals surface area contributed by atoms with Crippen LogP contribution in [0.2, 0.25) is 0 Å². The number of carbonyl (C=O) groups excluding carboxylic acids is 1. The number of benzene rings is 2. The van der Waals surface area contributed by atoms with E-state index < -0.39 is 15.9 Å². The standard InChI is InChI=1S/C27H36N2O7S/c1-33-14-4-13-29-23-15-20(7-10-24(23)35-17-27(29)30)26(18-37(3,31)32)36-25-16-28-12-11-22(25)19-5-8-21(34-2)9-6-19/h5-10,15,22,25-26,28H,4,11-14,16-18H2,1-3H3/t22-,25+,26?/m1/s1. The summed E-state index contributed by atoms with van der Waals surface area (Å²) in [5.41, 5.74) is 2.44. The Morgan fingerprint density at radius 2 is 1.95 bits per heavy atom. The second-order valence-corrected chi connectivity index (χ2v) is 11.7. The third kappa shape index (κ3) is 7.01. The van der Waals surface area contributed by atoms with Crippen LogP contribution in [0, 0.1) is 0 Å². The third-order valence-electron chi connectivity index (χ3n) is 6.79. The number of anilines is 1. The first-order valence-electron chi connectivity index (χ1n) is 12.5. The summed E-state index contributed by atoms with van der Waals surface area (Å²) in [7, 11) is -0.106. The van der Waals surface area contributed by atoms with Crippen molar-refractivity contribution in [2.24, 2.45) is 0 Å². The molecule has 0 bridgehead atoms. The number of methoxy groups -OCH3 is 2. The van der Waals surface area contributed by atoms with Crippen LogP contribution in [-0.2, 0) is 24.1 Å². The average molecular weight is 533 g/mol. The quantitative estimate of drug-likeness (QED) is 0.441. The van der Waals surface area contributed by atoms with Crippen molar-refractivity contribution >= 4 is 21.4 Å². The highest BCUT2D eigenvalue weighted by Crippen LogP contribution is 2.38. The summed E-state index contributed by atoms with van der Waals surface area (Å²) in [4.78, 5) is 14.3. The van der Waals surface area contributed by atoms with Gasteiger partial charge in [-0.2, -0.15) is 0 Å². The molecule has 4 rings (SSSR count). The Morgan fingerprint density at radius 1 is 1.16 bits per heavy atom. The summed E-state index contributed by atoms with van der Waals surface area (Å²) in [6.07, 6.45) is 1.81. The molecular formula is C27H36N2O7S. The van der Waals surface area contributed by atoms with Crippen molar-refractivity contribution in [2.45, 2.75) is 31.0 Å². The fourth-order valence-electron chi connectivity index (χ4n) is 4.94. The fourth-order valence-corrected chi connectivity index (χ4v) is 5.76. The van der Waals surface area contributed by atoms with Crippen LogP contribution in [0.15, 0.2) is 42.5 Å². The van der Waals surface area contributed by atoms with Crippen LogP contribution in [0.4, 0.5) is 5.69 Å². The number of ether oxygens (including phenoxy) is 4. The first-order chi connectivity index (χ1) is 17.8. The Labute approximate surface area is 219 Å². The van der Waals surface area contributed by atoms with Crippen molar-refractivity contribution in [1.29, 1.82) is 0 Å². The number of rotatable bonds is 11. The molecule has 1 unspecified atom stereocenters. The van der Waals surface area contributed by atoms with Crippen LogP contribution in [0.5, 0.6) is 11.5 Å². The first-order valence-corrected chi connectivity index (χ1v) is 14.6. The lowest BCUT2D eigenvalue weighted by molar-refractivity contribution is -0.121. The number of sulfone groups is 1. The van der Waals surface area contributed by atoms with Crippen LogP contribution >= 0.6 is 0 Å². The third-order valence-corrected chi connectivity index (χ3v) is 7.70. The molecule has 0 radical (unpaired) electrons. The van der Waals surface area contributed by atoms with Gasteiger partial charge < -0.3 is 29.2 Å². The molecule has 9 nitrogen and oxygen atoms in total. The van der Waals surface area contributed by atoms with E-state index in [1.54, 1.807) is 25.2 Å². The summed E-state index contributed by atoms with van der Waals surface area (Å²) in [5, 5.41) is 3.38. The molecule has 2 heterocycles. The van der Waals surface area contributed by atoms with Crippen molar-refractivity contribution < 1.29 is 32.2 Å². The highest BCUT2D eigenvalue weighted by Gasteiger charge is 2.33. The first kappa shape index (κ1) is 27.4. The fraction of sp³-hybridized carbons (Fsp3) is 0.519. The Kier molecular flexibility index (Phi) is 9.07. The SMILES string of the molecule is COCCCN1C(=O)COc2ccc(C(CS(C)(=O)=O)O[C@H]3CNCC[C@@H]3c3ccc(OC)cc3)cc21. The second kappa shape index (κ2) is 12.3. The minimum Gasteiger partial charge on any atom is -0.497 e. The molecule has 1 saturated heterocycles. The molecular weight excluding hydrogens is 496 g/mol. The van der Waals surface area contributed by atoms with Crippen molar-refractivity contribution in [3.8, 4) is 11.5 Å².